The van der Waals surface area contributed by atoms with Crippen LogP contribution < -0.4 is 5.32 Å². The first kappa shape index (κ1) is 15.2. The van der Waals surface area contributed by atoms with Crippen molar-refractivity contribution >= 4 is 5.69 Å². The molecule has 6 heteroatoms. The number of aromatic nitrogens is 2. The Kier molecular flexibility index (Phi) is 5.05. The molecule has 1 heterocycles. The summed E-state index contributed by atoms with van der Waals surface area (Å²) in [6, 6.07) is 6.70. The maximum atomic E-state index is 10.8. The van der Waals surface area contributed by atoms with Crippen molar-refractivity contribution in [2.45, 2.75) is 26.9 Å². The SMILES string of the molecule is CC(C)CNCc1nccn1Cc1cccc([N+](=O)[O-])c1. The Hall–Kier alpha value is -2.21. The number of hydrogen-bond donors (Lipinski definition) is 1. The van der Waals surface area contributed by atoms with Gasteiger partial charge in [0.25, 0.3) is 5.69 Å². The van der Waals surface area contributed by atoms with E-state index in [1.807, 2.05) is 16.8 Å². The van der Waals surface area contributed by atoms with E-state index in [9.17, 15) is 10.1 Å². The predicted octanol–water partition coefficient (Wildman–Crippen LogP) is 2.59. The Morgan fingerprint density at radius 2 is 2.24 bits per heavy atom. The van der Waals surface area contributed by atoms with Crippen LogP contribution in [0.5, 0.6) is 0 Å². The highest BCUT2D eigenvalue weighted by atomic mass is 16.6. The van der Waals surface area contributed by atoms with Crippen molar-refractivity contribution in [2.24, 2.45) is 5.92 Å². The lowest BCUT2D eigenvalue weighted by atomic mass is 10.2. The molecule has 112 valence electrons. The summed E-state index contributed by atoms with van der Waals surface area (Å²) < 4.78 is 2.01. The second-order valence-corrected chi connectivity index (χ2v) is 5.42. The van der Waals surface area contributed by atoms with Crippen LogP contribution in [0, 0.1) is 16.0 Å². The van der Waals surface area contributed by atoms with E-state index in [0.717, 1.165) is 17.9 Å². The van der Waals surface area contributed by atoms with Gasteiger partial charge < -0.3 is 9.88 Å². The second kappa shape index (κ2) is 6.99. The summed E-state index contributed by atoms with van der Waals surface area (Å²) in [4.78, 5) is 14.8. The van der Waals surface area contributed by atoms with Crippen molar-refractivity contribution in [3.05, 3.63) is 58.2 Å². The van der Waals surface area contributed by atoms with Crippen LogP contribution in [0.4, 0.5) is 5.69 Å². The first-order valence-corrected chi connectivity index (χ1v) is 7.00. The summed E-state index contributed by atoms with van der Waals surface area (Å²) in [6.45, 7) is 6.52. The standard InChI is InChI=1S/C15H20N4O2/c1-12(2)9-16-10-15-17-6-7-18(15)11-13-4-3-5-14(8-13)19(20)21/h3-8,12,16H,9-11H2,1-2H3. The maximum Gasteiger partial charge on any atom is 0.269 e. The average molecular weight is 288 g/mol. The van der Waals surface area contributed by atoms with E-state index in [0.29, 0.717) is 19.0 Å². The third kappa shape index (κ3) is 4.39. The number of nitrogens with zero attached hydrogens (tertiary/aromatic N) is 3. The Morgan fingerprint density at radius 3 is 2.95 bits per heavy atom. The molecule has 0 amide bonds. The minimum atomic E-state index is -0.373. The Labute approximate surface area is 124 Å². The van der Waals surface area contributed by atoms with E-state index >= 15 is 0 Å². The Bertz CT molecular complexity index is 607. The van der Waals surface area contributed by atoms with Gasteiger partial charge in [0, 0.05) is 31.1 Å². The first-order chi connectivity index (χ1) is 10.1. The molecule has 1 aromatic carbocycles. The highest BCUT2D eigenvalue weighted by Crippen LogP contribution is 2.14. The summed E-state index contributed by atoms with van der Waals surface area (Å²) in [5, 5.41) is 14.2. The number of nitrogens with one attached hydrogen (secondary N) is 1. The molecule has 6 nitrogen and oxygen atoms in total. The minimum Gasteiger partial charge on any atom is -0.329 e. The molecule has 1 aromatic heterocycles. The van der Waals surface area contributed by atoms with Gasteiger partial charge >= 0.3 is 0 Å². The predicted molar refractivity (Wildman–Crippen MR) is 81.0 cm³/mol. The summed E-state index contributed by atoms with van der Waals surface area (Å²) in [5.74, 6) is 1.52. The number of hydrogen-bond acceptors (Lipinski definition) is 4. The van der Waals surface area contributed by atoms with Crippen molar-refractivity contribution in [1.82, 2.24) is 14.9 Å². The molecular weight excluding hydrogens is 268 g/mol. The molecule has 21 heavy (non-hydrogen) atoms. The largest absolute Gasteiger partial charge is 0.329 e. The zero-order valence-corrected chi connectivity index (χ0v) is 12.3. The fraction of sp³-hybridized carbons (Fsp3) is 0.400. The Balaban J connectivity index is 2.04. The van der Waals surface area contributed by atoms with Gasteiger partial charge in [-0.25, -0.2) is 4.98 Å². The molecule has 0 aliphatic carbocycles. The van der Waals surface area contributed by atoms with Gasteiger partial charge in [0.2, 0.25) is 0 Å². The first-order valence-electron chi connectivity index (χ1n) is 7.00. The molecule has 0 fully saturated rings. The van der Waals surface area contributed by atoms with Gasteiger partial charge in [0.05, 0.1) is 11.5 Å². The molecule has 0 radical (unpaired) electrons. The fourth-order valence-corrected chi connectivity index (χ4v) is 2.09. The van der Waals surface area contributed by atoms with E-state index in [-0.39, 0.29) is 10.6 Å². The molecule has 0 spiro atoms. The van der Waals surface area contributed by atoms with E-state index < -0.39 is 0 Å². The molecule has 2 aromatic rings. The van der Waals surface area contributed by atoms with E-state index in [1.54, 1.807) is 18.3 Å². The van der Waals surface area contributed by atoms with E-state index in [1.165, 1.54) is 6.07 Å². The molecular formula is C15H20N4O2. The molecule has 0 bridgehead atoms. The van der Waals surface area contributed by atoms with Crippen LogP contribution >= 0.6 is 0 Å². The lowest BCUT2D eigenvalue weighted by Crippen LogP contribution is -2.21. The summed E-state index contributed by atoms with van der Waals surface area (Å²) in [7, 11) is 0. The lowest BCUT2D eigenvalue weighted by Gasteiger charge is -2.10. The summed E-state index contributed by atoms with van der Waals surface area (Å²) in [6.07, 6.45) is 3.65. The number of imidazole rings is 1. The molecule has 0 aliphatic heterocycles. The monoisotopic (exact) mass is 288 g/mol. The fourth-order valence-electron chi connectivity index (χ4n) is 2.09. The Morgan fingerprint density at radius 1 is 1.43 bits per heavy atom. The van der Waals surface area contributed by atoms with Crippen LogP contribution in [0.3, 0.4) is 0 Å². The van der Waals surface area contributed by atoms with Crippen LogP contribution in [-0.4, -0.2) is 21.0 Å². The topological polar surface area (TPSA) is 73.0 Å². The van der Waals surface area contributed by atoms with Gasteiger partial charge in [0.1, 0.15) is 5.82 Å². The van der Waals surface area contributed by atoms with Crippen molar-refractivity contribution in [2.75, 3.05) is 6.54 Å². The smallest absolute Gasteiger partial charge is 0.269 e. The van der Waals surface area contributed by atoms with E-state index in [4.69, 9.17) is 0 Å². The van der Waals surface area contributed by atoms with Crippen molar-refractivity contribution in [3.8, 4) is 0 Å². The number of non-ortho nitro benzene ring substituents is 1. The summed E-state index contributed by atoms with van der Waals surface area (Å²) >= 11 is 0. The quantitative estimate of drug-likeness (QED) is 0.628. The van der Waals surface area contributed by atoms with Crippen molar-refractivity contribution in [1.29, 1.82) is 0 Å². The highest BCUT2D eigenvalue weighted by molar-refractivity contribution is 5.34. The molecule has 0 unspecified atom stereocenters. The number of nitro groups is 1. The van der Waals surface area contributed by atoms with Gasteiger partial charge in [-0.05, 0) is 18.0 Å². The van der Waals surface area contributed by atoms with E-state index in [2.05, 4.69) is 24.1 Å². The molecule has 0 atom stereocenters. The van der Waals surface area contributed by atoms with Crippen LogP contribution in [0.1, 0.15) is 25.2 Å². The van der Waals surface area contributed by atoms with Crippen LogP contribution in [0.2, 0.25) is 0 Å². The van der Waals surface area contributed by atoms with Crippen LogP contribution in [-0.2, 0) is 13.1 Å². The van der Waals surface area contributed by atoms with Gasteiger partial charge in [0.15, 0.2) is 0 Å². The molecule has 0 saturated carbocycles. The number of nitro benzene ring substituents is 1. The summed E-state index contributed by atoms with van der Waals surface area (Å²) in [5.41, 5.74) is 1.01. The zero-order chi connectivity index (χ0) is 15.2. The molecule has 0 saturated heterocycles. The highest BCUT2D eigenvalue weighted by Gasteiger charge is 2.08. The molecule has 2 rings (SSSR count). The normalized spacial score (nSPS) is 11.0. The number of benzene rings is 1. The third-order valence-corrected chi connectivity index (χ3v) is 3.11. The maximum absolute atomic E-state index is 10.8. The van der Waals surface area contributed by atoms with Gasteiger partial charge in [-0.15, -0.1) is 0 Å². The van der Waals surface area contributed by atoms with Gasteiger partial charge in [-0.3, -0.25) is 10.1 Å². The molecule has 1 N–H and O–H groups in total. The van der Waals surface area contributed by atoms with Crippen LogP contribution in [0.25, 0.3) is 0 Å². The zero-order valence-electron chi connectivity index (χ0n) is 12.3. The average Bonchev–Trinajstić information content (AvgIpc) is 2.86. The lowest BCUT2D eigenvalue weighted by molar-refractivity contribution is -0.384. The van der Waals surface area contributed by atoms with Crippen molar-refractivity contribution in [3.63, 3.8) is 0 Å². The van der Waals surface area contributed by atoms with Crippen LogP contribution in [0.15, 0.2) is 36.7 Å². The van der Waals surface area contributed by atoms with Gasteiger partial charge in [-0.1, -0.05) is 26.0 Å². The molecule has 0 aliphatic rings. The third-order valence-electron chi connectivity index (χ3n) is 3.11. The van der Waals surface area contributed by atoms with Crippen molar-refractivity contribution < 1.29 is 4.92 Å². The second-order valence-electron chi connectivity index (χ2n) is 5.42. The number of rotatable bonds is 7. The van der Waals surface area contributed by atoms with Gasteiger partial charge in [-0.2, -0.15) is 0 Å². The minimum absolute atomic E-state index is 0.118.